The monoisotopic (exact) mass is 261 g/mol. The molecule has 1 aromatic carbocycles. The topological polar surface area (TPSA) is 40.5 Å². The average molecular weight is 261 g/mol. The number of fused-ring (bicyclic) bond motifs is 2. The molecule has 1 aliphatic carbocycles. The second-order valence-corrected chi connectivity index (χ2v) is 5.46. The number of allylic oxidation sites excluding steroid dienone is 1. The number of likely N-dealkylation sites (tertiary alicyclic amines) is 1. The van der Waals surface area contributed by atoms with Gasteiger partial charge in [-0.2, -0.15) is 0 Å². The van der Waals surface area contributed by atoms with Gasteiger partial charge in [0.25, 0.3) is 0 Å². The maximum absolute atomic E-state index is 13.3. The predicted molar refractivity (Wildman–Crippen MR) is 70.2 cm³/mol. The second-order valence-electron chi connectivity index (χ2n) is 5.46. The molecule has 4 heteroatoms. The lowest BCUT2D eigenvalue weighted by molar-refractivity contribution is 0.106. The van der Waals surface area contributed by atoms with Gasteiger partial charge >= 0.3 is 6.09 Å². The van der Waals surface area contributed by atoms with Gasteiger partial charge in [0, 0.05) is 13.1 Å². The minimum Gasteiger partial charge on any atom is -0.465 e. The van der Waals surface area contributed by atoms with Crippen molar-refractivity contribution >= 4 is 11.7 Å². The Morgan fingerprint density at radius 1 is 1.37 bits per heavy atom. The van der Waals surface area contributed by atoms with Crippen LogP contribution in [-0.4, -0.2) is 29.2 Å². The van der Waals surface area contributed by atoms with Crippen molar-refractivity contribution in [3.05, 3.63) is 41.7 Å². The fraction of sp³-hybridized carbons (Fsp3) is 0.400. The van der Waals surface area contributed by atoms with Crippen molar-refractivity contribution in [3.63, 3.8) is 0 Å². The van der Waals surface area contributed by atoms with Crippen LogP contribution >= 0.6 is 0 Å². The van der Waals surface area contributed by atoms with Crippen molar-refractivity contribution in [1.82, 2.24) is 4.90 Å². The summed E-state index contributed by atoms with van der Waals surface area (Å²) in [5.74, 6) is 0.404. The van der Waals surface area contributed by atoms with Crippen LogP contribution in [0.15, 0.2) is 30.3 Å². The minimum atomic E-state index is -0.836. The predicted octanol–water partition coefficient (Wildman–Crippen LogP) is 3.23. The Labute approximate surface area is 111 Å². The molecule has 2 unspecified atom stereocenters. The Kier molecular flexibility index (Phi) is 3.01. The van der Waals surface area contributed by atoms with Crippen LogP contribution in [0.2, 0.25) is 0 Å². The molecule has 0 saturated carbocycles. The first kappa shape index (κ1) is 12.2. The van der Waals surface area contributed by atoms with Crippen molar-refractivity contribution < 1.29 is 14.3 Å². The second kappa shape index (κ2) is 4.68. The summed E-state index contributed by atoms with van der Waals surface area (Å²) in [5, 5.41) is 9.07. The van der Waals surface area contributed by atoms with E-state index in [1.165, 1.54) is 11.0 Å². The molecule has 3 nitrogen and oxygen atoms in total. The van der Waals surface area contributed by atoms with Gasteiger partial charge in [0.2, 0.25) is 0 Å². The van der Waals surface area contributed by atoms with E-state index in [2.05, 4.69) is 6.08 Å². The number of carbonyl (C=O) groups is 1. The molecule has 2 bridgehead atoms. The van der Waals surface area contributed by atoms with Crippen LogP contribution in [0, 0.1) is 17.7 Å². The Morgan fingerprint density at radius 2 is 2.21 bits per heavy atom. The Balaban J connectivity index is 1.85. The molecule has 2 aliphatic rings. The molecule has 1 amide bonds. The Bertz CT molecular complexity index is 541. The molecule has 0 radical (unpaired) electrons. The van der Waals surface area contributed by atoms with Crippen molar-refractivity contribution in [2.24, 2.45) is 11.8 Å². The van der Waals surface area contributed by atoms with Crippen LogP contribution in [0.5, 0.6) is 0 Å². The molecular formula is C15H16FNO2. The van der Waals surface area contributed by atoms with E-state index in [0.717, 1.165) is 24.0 Å². The van der Waals surface area contributed by atoms with Gasteiger partial charge in [-0.05, 0) is 47.9 Å². The standard InChI is InChI=1S/C15H16FNO2/c16-14-3-1-2-12(7-14)13-5-10-4-11(6-13)9-17(8-10)15(18)19/h1-3,5,7,10-11H,4,6,8-9H2,(H,18,19). The first-order chi connectivity index (χ1) is 9.11. The highest BCUT2D eigenvalue weighted by Gasteiger charge is 2.32. The lowest BCUT2D eigenvalue weighted by atomic mass is 9.77. The van der Waals surface area contributed by atoms with Crippen LogP contribution in [0.25, 0.3) is 5.57 Å². The summed E-state index contributed by atoms with van der Waals surface area (Å²) in [6, 6.07) is 6.64. The van der Waals surface area contributed by atoms with Crippen LogP contribution in [0.1, 0.15) is 18.4 Å². The molecule has 1 fully saturated rings. The first-order valence-electron chi connectivity index (χ1n) is 6.56. The zero-order valence-corrected chi connectivity index (χ0v) is 10.6. The SMILES string of the molecule is O=C(O)N1CC2C=C(c3cccc(F)c3)CC(C2)C1. The highest BCUT2D eigenvalue weighted by atomic mass is 19.1. The van der Waals surface area contributed by atoms with Crippen molar-refractivity contribution in [2.45, 2.75) is 12.8 Å². The van der Waals surface area contributed by atoms with Crippen LogP contribution in [0.3, 0.4) is 0 Å². The summed E-state index contributed by atoms with van der Waals surface area (Å²) in [5.41, 5.74) is 2.09. The molecule has 1 aromatic rings. The number of carboxylic acid groups (broad SMARTS) is 1. The number of hydrogen-bond acceptors (Lipinski definition) is 1. The largest absolute Gasteiger partial charge is 0.465 e. The lowest BCUT2D eigenvalue weighted by Gasteiger charge is -2.39. The molecule has 1 heterocycles. The quantitative estimate of drug-likeness (QED) is 0.843. The number of benzene rings is 1. The normalized spacial score (nSPS) is 25.9. The molecule has 1 saturated heterocycles. The number of amides is 1. The average Bonchev–Trinajstić information content (AvgIpc) is 2.37. The zero-order chi connectivity index (χ0) is 13.4. The molecule has 2 atom stereocenters. The number of halogens is 1. The molecule has 100 valence electrons. The van der Waals surface area contributed by atoms with Crippen LogP contribution < -0.4 is 0 Å². The van der Waals surface area contributed by atoms with Gasteiger partial charge < -0.3 is 10.0 Å². The summed E-state index contributed by atoms with van der Waals surface area (Å²) >= 11 is 0. The third kappa shape index (κ3) is 2.48. The van der Waals surface area contributed by atoms with Gasteiger partial charge in [-0.1, -0.05) is 18.2 Å². The van der Waals surface area contributed by atoms with Crippen LogP contribution in [-0.2, 0) is 0 Å². The van der Waals surface area contributed by atoms with E-state index in [1.807, 2.05) is 6.07 Å². The molecular weight excluding hydrogens is 245 g/mol. The van der Waals surface area contributed by atoms with E-state index in [4.69, 9.17) is 5.11 Å². The Hall–Kier alpha value is -1.84. The van der Waals surface area contributed by atoms with Gasteiger partial charge in [-0.3, -0.25) is 0 Å². The molecule has 19 heavy (non-hydrogen) atoms. The van der Waals surface area contributed by atoms with Crippen molar-refractivity contribution in [1.29, 1.82) is 0 Å². The van der Waals surface area contributed by atoms with E-state index < -0.39 is 6.09 Å². The number of piperidine rings is 1. The molecule has 3 rings (SSSR count). The first-order valence-corrected chi connectivity index (χ1v) is 6.56. The third-order valence-electron chi connectivity index (χ3n) is 3.98. The zero-order valence-electron chi connectivity index (χ0n) is 10.6. The maximum Gasteiger partial charge on any atom is 0.407 e. The van der Waals surface area contributed by atoms with Gasteiger partial charge in [0.1, 0.15) is 5.82 Å². The summed E-state index contributed by atoms with van der Waals surface area (Å²) < 4.78 is 13.3. The summed E-state index contributed by atoms with van der Waals surface area (Å²) in [7, 11) is 0. The summed E-state index contributed by atoms with van der Waals surface area (Å²) in [6.45, 7) is 1.16. The number of rotatable bonds is 1. The highest BCUT2D eigenvalue weighted by molar-refractivity contribution is 5.69. The van der Waals surface area contributed by atoms with E-state index in [9.17, 15) is 9.18 Å². The minimum absolute atomic E-state index is 0.221. The van der Waals surface area contributed by atoms with E-state index in [0.29, 0.717) is 19.0 Å². The van der Waals surface area contributed by atoms with Gasteiger partial charge in [0.15, 0.2) is 0 Å². The Morgan fingerprint density at radius 3 is 2.89 bits per heavy atom. The van der Waals surface area contributed by atoms with E-state index in [1.54, 1.807) is 12.1 Å². The van der Waals surface area contributed by atoms with Gasteiger partial charge in [-0.15, -0.1) is 0 Å². The van der Waals surface area contributed by atoms with E-state index in [-0.39, 0.29) is 11.7 Å². The fourth-order valence-electron chi connectivity index (χ4n) is 3.24. The summed E-state index contributed by atoms with van der Waals surface area (Å²) in [4.78, 5) is 12.5. The molecule has 1 N–H and O–H groups in total. The van der Waals surface area contributed by atoms with Gasteiger partial charge in [-0.25, -0.2) is 9.18 Å². The molecule has 1 aliphatic heterocycles. The molecule has 0 aromatic heterocycles. The smallest absolute Gasteiger partial charge is 0.407 e. The van der Waals surface area contributed by atoms with Crippen molar-refractivity contribution in [3.8, 4) is 0 Å². The molecule has 0 spiro atoms. The number of nitrogens with zero attached hydrogens (tertiary/aromatic N) is 1. The summed E-state index contributed by atoms with van der Waals surface area (Å²) in [6.07, 6.45) is 3.17. The maximum atomic E-state index is 13.3. The third-order valence-corrected chi connectivity index (χ3v) is 3.98. The fourth-order valence-corrected chi connectivity index (χ4v) is 3.24. The van der Waals surface area contributed by atoms with E-state index >= 15 is 0 Å². The van der Waals surface area contributed by atoms with Crippen molar-refractivity contribution in [2.75, 3.05) is 13.1 Å². The van der Waals surface area contributed by atoms with Crippen LogP contribution in [0.4, 0.5) is 9.18 Å². The highest BCUT2D eigenvalue weighted by Crippen LogP contribution is 2.37. The lowest BCUT2D eigenvalue weighted by Crippen LogP contribution is -2.44. The van der Waals surface area contributed by atoms with Gasteiger partial charge in [0.05, 0.1) is 0 Å². The number of hydrogen-bond donors (Lipinski definition) is 1.